The maximum Gasteiger partial charge on any atom is 0.416 e. The van der Waals surface area contributed by atoms with Gasteiger partial charge in [-0.05, 0) is 35.9 Å². The Morgan fingerprint density at radius 3 is 2.43 bits per heavy atom. The van der Waals surface area contributed by atoms with Crippen molar-refractivity contribution >= 4 is 23.6 Å². The average Bonchev–Trinajstić information content (AvgIpc) is 2.65. The number of carbonyl (C=O) groups excluding carboxylic acids is 2. The minimum atomic E-state index is -4.41. The highest BCUT2D eigenvalue weighted by molar-refractivity contribution is 5.98. The van der Waals surface area contributed by atoms with Crippen LogP contribution in [0.5, 0.6) is 5.75 Å². The van der Waals surface area contributed by atoms with Crippen LogP contribution in [0.3, 0.4) is 0 Å². The highest BCUT2D eigenvalue weighted by Crippen LogP contribution is 2.29. The molecule has 0 atom stereocenters. The molecular weight excluding hydrogens is 373 g/mol. The first kappa shape index (κ1) is 21.0. The quantitative estimate of drug-likeness (QED) is 0.761. The van der Waals surface area contributed by atoms with E-state index in [9.17, 15) is 22.8 Å². The molecule has 2 rings (SSSR count). The number of alkyl halides is 3. The minimum Gasteiger partial charge on any atom is -0.497 e. The molecule has 0 fully saturated rings. The molecule has 0 aliphatic heterocycles. The number of nitrogens with zero attached hydrogens (tertiary/aromatic N) is 1. The summed E-state index contributed by atoms with van der Waals surface area (Å²) in [6.45, 7) is -0.187. The summed E-state index contributed by atoms with van der Waals surface area (Å²) in [5.41, 5.74) is 0.211. The number of amides is 2. The molecule has 2 amide bonds. The molecule has 0 aliphatic carbocycles. The van der Waals surface area contributed by atoms with Gasteiger partial charge in [0.1, 0.15) is 5.75 Å². The van der Waals surface area contributed by atoms with Crippen LogP contribution in [0.15, 0.2) is 54.6 Å². The van der Waals surface area contributed by atoms with Crippen LogP contribution in [0.25, 0.3) is 6.08 Å². The van der Waals surface area contributed by atoms with Crippen LogP contribution in [0.1, 0.15) is 11.1 Å². The van der Waals surface area contributed by atoms with Gasteiger partial charge in [-0.15, -0.1) is 0 Å². The van der Waals surface area contributed by atoms with Crippen molar-refractivity contribution in [3.63, 3.8) is 0 Å². The summed E-state index contributed by atoms with van der Waals surface area (Å²) in [6.07, 6.45) is -1.82. The van der Waals surface area contributed by atoms with E-state index >= 15 is 0 Å². The topological polar surface area (TPSA) is 58.6 Å². The third kappa shape index (κ3) is 6.15. The molecule has 1 N–H and O–H groups in total. The van der Waals surface area contributed by atoms with E-state index in [1.165, 1.54) is 43.3 Å². The maximum atomic E-state index is 12.5. The number of hydrogen-bond acceptors (Lipinski definition) is 3. The normalized spacial score (nSPS) is 11.3. The highest BCUT2D eigenvalue weighted by atomic mass is 19.4. The zero-order valence-electron chi connectivity index (χ0n) is 15.3. The smallest absolute Gasteiger partial charge is 0.416 e. The molecule has 0 saturated heterocycles. The van der Waals surface area contributed by atoms with Gasteiger partial charge in [-0.3, -0.25) is 9.59 Å². The van der Waals surface area contributed by atoms with E-state index in [2.05, 4.69) is 5.32 Å². The van der Waals surface area contributed by atoms with E-state index in [4.69, 9.17) is 4.74 Å². The predicted octanol–water partition coefficient (Wildman–Crippen LogP) is 3.82. The number of carbonyl (C=O) groups is 2. The molecule has 0 unspecified atom stereocenters. The Kier molecular flexibility index (Phi) is 6.81. The lowest BCUT2D eigenvalue weighted by atomic mass is 10.1. The van der Waals surface area contributed by atoms with Gasteiger partial charge in [-0.25, -0.2) is 0 Å². The number of rotatable bonds is 6. The number of halogens is 3. The molecule has 148 valence electrons. The number of benzene rings is 2. The second kappa shape index (κ2) is 9.07. The van der Waals surface area contributed by atoms with E-state index < -0.39 is 23.6 Å². The number of likely N-dealkylation sites (N-methyl/N-ethyl adjacent to an activating group) is 1. The molecule has 0 aromatic heterocycles. The van der Waals surface area contributed by atoms with Gasteiger partial charge in [0.2, 0.25) is 11.8 Å². The van der Waals surface area contributed by atoms with Crippen LogP contribution >= 0.6 is 0 Å². The molecule has 0 aliphatic rings. The fourth-order valence-electron chi connectivity index (χ4n) is 2.27. The largest absolute Gasteiger partial charge is 0.497 e. The van der Waals surface area contributed by atoms with E-state index in [0.29, 0.717) is 17.0 Å². The van der Waals surface area contributed by atoms with Crippen LogP contribution in [-0.2, 0) is 15.8 Å². The summed E-state index contributed by atoms with van der Waals surface area (Å²) in [5.74, 6) is -0.269. The summed E-state index contributed by atoms with van der Waals surface area (Å²) in [4.78, 5) is 25.3. The molecule has 5 nitrogen and oxygen atoms in total. The summed E-state index contributed by atoms with van der Waals surface area (Å²) < 4.78 is 42.7. The number of hydrogen-bond donors (Lipinski definition) is 1. The number of methoxy groups -OCH3 is 1. The van der Waals surface area contributed by atoms with Crippen LogP contribution in [0.2, 0.25) is 0 Å². The fraction of sp³-hybridized carbons (Fsp3) is 0.200. The summed E-state index contributed by atoms with van der Waals surface area (Å²) in [5, 5.41) is 2.65. The standard InChI is InChI=1S/C20H19F3N2O3/c1-25(13-18(26)24-16-4-3-5-17(12-16)28-2)19(27)11-8-14-6-9-15(10-7-14)20(21,22)23/h3-12H,13H2,1-2H3,(H,24,26)/b11-8+. The SMILES string of the molecule is COc1cccc(NC(=O)CN(C)C(=O)/C=C/c2ccc(C(F)(F)F)cc2)c1. The lowest BCUT2D eigenvalue weighted by molar-refractivity contribution is -0.137. The first-order chi connectivity index (χ1) is 13.2. The maximum absolute atomic E-state index is 12.5. The number of ether oxygens (including phenoxy) is 1. The van der Waals surface area contributed by atoms with Crippen molar-refractivity contribution in [1.82, 2.24) is 4.90 Å². The second-order valence-corrected chi connectivity index (χ2v) is 5.93. The van der Waals surface area contributed by atoms with Gasteiger partial charge in [-0.2, -0.15) is 13.2 Å². The molecule has 2 aromatic carbocycles. The lowest BCUT2D eigenvalue weighted by Gasteiger charge is -2.15. The third-order valence-electron chi connectivity index (χ3n) is 3.77. The Morgan fingerprint density at radius 1 is 1.14 bits per heavy atom. The predicted molar refractivity (Wildman–Crippen MR) is 99.7 cm³/mol. The van der Waals surface area contributed by atoms with Crippen molar-refractivity contribution in [1.29, 1.82) is 0 Å². The van der Waals surface area contributed by atoms with Crippen LogP contribution in [0.4, 0.5) is 18.9 Å². The Labute approximate surface area is 160 Å². The molecule has 0 heterocycles. The minimum absolute atomic E-state index is 0.187. The highest BCUT2D eigenvalue weighted by Gasteiger charge is 2.29. The molecule has 0 bridgehead atoms. The molecule has 2 aromatic rings. The molecule has 0 saturated carbocycles. The summed E-state index contributed by atoms with van der Waals surface area (Å²) >= 11 is 0. The van der Waals surface area contributed by atoms with Crippen molar-refractivity contribution in [2.45, 2.75) is 6.18 Å². The van der Waals surface area contributed by atoms with Gasteiger partial charge in [-0.1, -0.05) is 18.2 Å². The number of anilines is 1. The van der Waals surface area contributed by atoms with Crippen molar-refractivity contribution in [3.05, 3.63) is 65.7 Å². The first-order valence-electron chi connectivity index (χ1n) is 8.23. The molecule has 0 radical (unpaired) electrons. The second-order valence-electron chi connectivity index (χ2n) is 5.93. The summed E-state index contributed by atoms with van der Waals surface area (Å²) in [6, 6.07) is 11.2. The van der Waals surface area contributed by atoms with Gasteiger partial charge in [0, 0.05) is 24.9 Å². The van der Waals surface area contributed by atoms with E-state index in [-0.39, 0.29) is 6.54 Å². The van der Waals surface area contributed by atoms with Crippen molar-refractivity contribution in [2.24, 2.45) is 0 Å². The van der Waals surface area contributed by atoms with Crippen LogP contribution in [0, 0.1) is 0 Å². The molecule has 28 heavy (non-hydrogen) atoms. The zero-order valence-corrected chi connectivity index (χ0v) is 15.3. The third-order valence-corrected chi connectivity index (χ3v) is 3.77. The van der Waals surface area contributed by atoms with Gasteiger partial charge >= 0.3 is 6.18 Å². The Bertz CT molecular complexity index is 862. The van der Waals surface area contributed by atoms with Crippen LogP contribution in [-0.4, -0.2) is 37.4 Å². The zero-order chi connectivity index (χ0) is 20.7. The van der Waals surface area contributed by atoms with Crippen LogP contribution < -0.4 is 10.1 Å². The van der Waals surface area contributed by atoms with Crippen molar-refractivity contribution in [2.75, 3.05) is 26.0 Å². The molecular formula is C20H19F3N2O3. The van der Waals surface area contributed by atoms with Gasteiger partial charge in [0.05, 0.1) is 19.2 Å². The number of nitrogens with one attached hydrogen (secondary N) is 1. The van der Waals surface area contributed by atoms with E-state index in [1.807, 2.05) is 0 Å². The van der Waals surface area contributed by atoms with E-state index in [1.54, 1.807) is 24.3 Å². The molecule has 8 heteroatoms. The Morgan fingerprint density at radius 2 is 1.82 bits per heavy atom. The monoisotopic (exact) mass is 392 g/mol. The first-order valence-corrected chi connectivity index (χ1v) is 8.23. The Balaban J connectivity index is 1.91. The van der Waals surface area contributed by atoms with Gasteiger partial charge in [0.15, 0.2) is 0 Å². The van der Waals surface area contributed by atoms with Gasteiger partial charge < -0.3 is 15.0 Å². The van der Waals surface area contributed by atoms with E-state index in [0.717, 1.165) is 12.1 Å². The summed E-state index contributed by atoms with van der Waals surface area (Å²) in [7, 11) is 2.96. The average molecular weight is 392 g/mol. The van der Waals surface area contributed by atoms with Crippen molar-refractivity contribution < 1.29 is 27.5 Å². The Hall–Kier alpha value is -3.29. The molecule has 0 spiro atoms. The van der Waals surface area contributed by atoms with Gasteiger partial charge in [0.25, 0.3) is 0 Å². The van der Waals surface area contributed by atoms with Crippen molar-refractivity contribution in [3.8, 4) is 5.75 Å². The lowest BCUT2D eigenvalue weighted by Crippen LogP contribution is -2.33. The fourth-order valence-corrected chi connectivity index (χ4v) is 2.27.